The Morgan fingerprint density at radius 3 is 2.77 bits per heavy atom. The smallest absolute Gasteiger partial charge is 0.253 e. The standard InChI is InChI=1S/C22H21ClN6OS/c1-11(26-22-24-10-20(31-22)29-19(9-25-28-29)13-4-5-13)15-6-14-7-17(23)16(12-2-3-12)8-18(14)27-21(15)30/h6-13H,2-5H2,1H3,(H,24,26)(H,27,30)/t11-/m0/s1. The molecule has 1 atom stereocenters. The van der Waals surface area contributed by atoms with Crippen molar-refractivity contribution in [2.45, 2.75) is 50.5 Å². The summed E-state index contributed by atoms with van der Waals surface area (Å²) in [6.07, 6.45) is 8.34. The van der Waals surface area contributed by atoms with Crippen LogP contribution in [-0.4, -0.2) is 25.0 Å². The van der Waals surface area contributed by atoms with Crippen molar-refractivity contribution in [3.8, 4) is 5.00 Å². The van der Waals surface area contributed by atoms with E-state index in [2.05, 4.69) is 25.6 Å². The number of rotatable bonds is 6. The zero-order chi connectivity index (χ0) is 21.1. The van der Waals surface area contributed by atoms with E-state index >= 15 is 0 Å². The molecule has 0 bridgehead atoms. The van der Waals surface area contributed by atoms with E-state index in [9.17, 15) is 4.79 Å². The van der Waals surface area contributed by atoms with Crippen LogP contribution in [0.3, 0.4) is 0 Å². The zero-order valence-electron chi connectivity index (χ0n) is 16.9. The van der Waals surface area contributed by atoms with Gasteiger partial charge in [-0.25, -0.2) is 9.67 Å². The molecule has 2 aliphatic carbocycles. The van der Waals surface area contributed by atoms with Gasteiger partial charge in [-0.1, -0.05) is 28.2 Å². The molecule has 3 aromatic heterocycles. The summed E-state index contributed by atoms with van der Waals surface area (Å²) >= 11 is 8.00. The first-order valence-electron chi connectivity index (χ1n) is 10.6. The Morgan fingerprint density at radius 2 is 2.00 bits per heavy atom. The van der Waals surface area contributed by atoms with Gasteiger partial charge >= 0.3 is 0 Å². The SMILES string of the molecule is C[C@H](Nc1ncc(-n2nncc2C2CC2)s1)c1cc2cc(Cl)c(C3CC3)cc2[nH]c1=O. The van der Waals surface area contributed by atoms with Crippen LogP contribution >= 0.6 is 22.9 Å². The van der Waals surface area contributed by atoms with Crippen molar-refractivity contribution in [3.63, 3.8) is 0 Å². The van der Waals surface area contributed by atoms with E-state index in [1.165, 1.54) is 37.0 Å². The summed E-state index contributed by atoms with van der Waals surface area (Å²) in [5.74, 6) is 1.08. The molecule has 7 nitrogen and oxygen atoms in total. The van der Waals surface area contributed by atoms with Crippen molar-refractivity contribution in [2.24, 2.45) is 0 Å². The van der Waals surface area contributed by atoms with Gasteiger partial charge in [0, 0.05) is 27.4 Å². The Hall–Kier alpha value is -2.71. The van der Waals surface area contributed by atoms with Gasteiger partial charge < -0.3 is 10.3 Å². The maximum Gasteiger partial charge on any atom is 0.253 e. The van der Waals surface area contributed by atoms with E-state index < -0.39 is 0 Å². The number of thiazole rings is 1. The number of H-pyrrole nitrogens is 1. The van der Waals surface area contributed by atoms with Crippen molar-refractivity contribution in [1.82, 2.24) is 25.0 Å². The van der Waals surface area contributed by atoms with Crippen LogP contribution in [0.25, 0.3) is 15.9 Å². The van der Waals surface area contributed by atoms with E-state index in [1.54, 1.807) is 6.20 Å². The predicted octanol–water partition coefficient (Wildman–Crippen LogP) is 5.15. The lowest BCUT2D eigenvalue weighted by molar-refractivity contribution is 0.773. The number of pyridine rings is 1. The van der Waals surface area contributed by atoms with Gasteiger partial charge in [0.15, 0.2) is 5.13 Å². The molecule has 2 fully saturated rings. The van der Waals surface area contributed by atoms with Crippen LogP contribution in [0, 0.1) is 0 Å². The number of anilines is 1. The maximum absolute atomic E-state index is 12.8. The number of benzene rings is 1. The second-order valence-corrected chi connectivity index (χ2v) is 9.92. The molecule has 2 aliphatic rings. The Kier molecular flexibility index (Phi) is 4.40. The summed E-state index contributed by atoms with van der Waals surface area (Å²) in [7, 11) is 0. The van der Waals surface area contributed by atoms with Gasteiger partial charge in [0.2, 0.25) is 0 Å². The van der Waals surface area contributed by atoms with Crippen LogP contribution in [0.1, 0.15) is 67.3 Å². The van der Waals surface area contributed by atoms with Crippen molar-refractivity contribution >= 4 is 39.0 Å². The summed E-state index contributed by atoms with van der Waals surface area (Å²) < 4.78 is 1.87. The normalized spacial score (nSPS) is 17.2. The van der Waals surface area contributed by atoms with Crippen molar-refractivity contribution < 1.29 is 0 Å². The third-order valence-corrected chi connectivity index (χ3v) is 7.32. The lowest BCUT2D eigenvalue weighted by atomic mass is 10.0. The molecule has 0 unspecified atom stereocenters. The van der Waals surface area contributed by atoms with Crippen molar-refractivity contribution in [3.05, 3.63) is 62.8 Å². The highest BCUT2D eigenvalue weighted by Crippen LogP contribution is 2.44. The van der Waals surface area contributed by atoms with Gasteiger partial charge in [-0.05, 0) is 62.3 Å². The number of halogens is 1. The molecule has 1 aromatic carbocycles. The molecule has 0 saturated heterocycles. The predicted molar refractivity (Wildman–Crippen MR) is 123 cm³/mol. The van der Waals surface area contributed by atoms with Gasteiger partial charge in [0.05, 0.1) is 24.1 Å². The summed E-state index contributed by atoms with van der Waals surface area (Å²) in [6, 6.07) is 5.70. The van der Waals surface area contributed by atoms with E-state index in [-0.39, 0.29) is 11.6 Å². The molecule has 158 valence electrons. The minimum absolute atomic E-state index is 0.0966. The molecule has 0 radical (unpaired) electrons. The molecule has 0 amide bonds. The van der Waals surface area contributed by atoms with Crippen molar-refractivity contribution in [1.29, 1.82) is 0 Å². The van der Waals surface area contributed by atoms with E-state index in [4.69, 9.17) is 11.6 Å². The van der Waals surface area contributed by atoms with E-state index in [1.807, 2.05) is 36.0 Å². The monoisotopic (exact) mass is 452 g/mol. The molecule has 6 rings (SSSR count). The fourth-order valence-corrected chi connectivity index (χ4v) is 5.25. The zero-order valence-corrected chi connectivity index (χ0v) is 18.5. The fourth-order valence-electron chi connectivity index (χ4n) is 4.05. The molecule has 2 saturated carbocycles. The lowest BCUT2D eigenvalue weighted by Crippen LogP contribution is -2.19. The van der Waals surface area contributed by atoms with Crippen LogP contribution in [0.15, 0.2) is 35.4 Å². The van der Waals surface area contributed by atoms with Crippen LogP contribution in [0.5, 0.6) is 0 Å². The number of nitrogens with one attached hydrogen (secondary N) is 2. The fraction of sp³-hybridized carbons (Fsp3) is 0.364. The number of fused-ring (bicyclic) bond motifs is 1. The van der Waals surface area contributed by atoms with Crippen molar-refractivity contribution in [2.75, 3.05) is 5.32 Å². The first kappa shape index (κ1) is 19.0. The quantitative estimate of drug-likeness (QED) is 0.422. The van der Waals surface area contributed by atoms with Gasteiger partial charge in [0.1, 0.15) is 5.00 Å². The number of aromatic amines is 1. The van der Waals surface area contributed by atoms with Gasteiger partial charge in [-0.2, -0.15) is 0 Å². The summed E-state index contributed by atoms with van der Waals surface area (Å²) in [4.78, 5) is 20.3. The number of hydrogen-bond acceptors (Lipinski definition) is 6. The highest BCUT2D eigenvalue weighted by molar-refractivity contribution is 7.17. The summed E-state index contributed by atoms with van der Waals surface area (Å²) in [6.45, 7) is 1.96. The lowest BCUT2D eigenvalue weighted by Gasteiger charge is -2.14. The van der Waals surface area contributed by atoms with Gasteiger partial charge in [-0.15, -0.1) is 5.10 Å². The Bertz CT molecular complexity index is 1350. The first-order valence-corrected chi connectivity index (χ1v) is 11.8. The molecule has 31 heavy (non-hydrogen) atoms. The number of nitrogens with zero attached hydrogens (tertiary/aromatic N) is 4. The van der Waals surface area contributed by atoms with Gasteiger partial charge in [-0.3, -0.25) is 4.79 Å². The average molecular weight is 453 g/mol. The highest BCUT2D eigenvalue weighted by atomic mass is 35.5. The van der Waals surface area contributed by atoms with E-state index in [0.29, 0.717) is 17.4 Å². The second kappa shape index (κ2) is 7.17. The summed E-state index contributed by atoms with van der Waals surface area (Å²) in [5.41, 5.74) is 3.66. The molecule has 2 N–H and O–H groups in total. The molecular formula is C22H21ClN6OS. The Labute approximate surface area is 187 Å². The molecule has 9 heteroatoms. The van der Waals surface area contributed by atoms with E-state index in [0.717, 1.165) is 37.3 Å². The molecule has 3 heterocycles. The third kappa shape index (κ3) is 3.53. The van der Waals surface area contributed by atoms with Crippen LogP contribution in [-0.2, 0) is 0 Å². The number of hydrogen-bond donors (Lipinski definition) is 2. The average Bonchev–Trinajstić information content (AvgIpc) is 3.68. The van der Waals surface area contributed by atoms with Crippen LogP contribution in [0.2, 0.25) is 5.02 Å². The minimum atomic E-state index is -0.215. The maximum atomic E-state index is 12.8. The second-order valence-electron chi connectivity index (χ2n) is 8.50. The van der Waals surface area contributed by atoms with Gasteiger partial charge in [0.25, 0.3) is 5.56 Å². The minimum Gasteiger partial charge on any atom is -0.355 e. The topological polar surface area (TPSA) is 88.5 Å². The molecule has 0 aliphatic heterocycles. The molecule has 0 spiro atoms. The third-order valence-electron chi connectivity index (χ3n) is 6.09. The first-order chi connectivity index (χ1) is 15.1. The van der Waals surface area contributed by atoms with Crippen LogP contribution in [0.4, 0.5) is 5.13 Å². The number of aromatic nitrogens is 5. The Balaban J connectivity index is 1.27. The molecule has 4 aromatic rings. The van der Waals surface area contributed by atoms with Crippen LogP contribution < -0.4 is 10.9 Å². The summed E-state index contributed by atoms with van der Waals surface area (Å²) in [5, 5.41) is 15.0. The molecular weight excluding hydrogens is 432 g/mol. The highest BCUT2D eigenvalue weighted by Gasteiger charge is 2.29. The largest absolute Gasteiger partial charge is 0.355 e. The Morgan fingerprint density at radius 1 is 1.19 bits per heavy atom.